The van der Waals surface area contributed by atoms with E-state index in [1.165, 1.54) is 12.8 Å². The third-order valence-corrected chi connectivity index (χ3v) is 3.81. The molecular formula is C10H15BrN2O. The van der Waals surface area contributed by atoms with Gasteiger partial charge in [0.1, 0.15) is 4.47 Å². The quantitative estimate of drug-likeness (QED) is 0.889. The summed E-state index contributed by atoms with van der Waals surface area (Å²) in [5, 5.41) is 3.18. The molecule has 1 aliphatic carbocycles. The zero-order chi connectivity index (χ0) is 10.3. The fraction of sp³-hybridized carbons (Fsp3) is 0.700. The highest BCUT2D eigenvalue weighted by molar-refractivity contribution is 9.10. The molecule has 0 amide bonds. The lowest BCUT2D eigenvalue weighted by Gasteiger charge is -2.10. The minimum atomic E-state index is 0.0845. The van der Waals surface area contributed by atoms with E-state index in [1.807, 2.05) is 6.92 Å². The SMILES string of the molecule is CCc1[nH]n(C(C)C2CC2)c(=O)c1Br. The molecule has 0 radical (unpaired) electrons. The van der Waals surface area contributed by atoms with Gasteiger partial charge in [0, 0.05) is 0 Å². The average molecular weight is 259 g/mol. The first-order chi connectivity index (χ1) is 6.65. The van der Waals surface area contributed by atoms with Crippen LogP contribution in [0.5, 0.6) is 0 Å². The highest BCUT2D eigenvalue weighted by Crippen LogP contribution is 2.38. The molecule has 14 heavy (non-hydrogen) atoms. The van der Waals surface area contributed by atoms with Gasteiger partial charge >= 0.3 is 0 Å². The molecule has 0 aromatic carbocycles. The predicted octanol–water partition coefficient (Wildman–Crippen LogP) is 2.47. The van der Waals surface area contributed by atoms with E-state index in [0.29, 0.717) is 16.4 Å². The van der Waals surface area contributed by atoms with Crippen molar-refractivity contribution in [1.29, 1.82) is 0 Å². The van der Waals surface area contributed by atoms with Gasteiger partial charge in [-0.25, -0.2) is 4.68 Å². The Morgan fingerprint density at radius 3 is 2.71 bits per heavy atom. The van der Waals surface area contributed by atoms with Gasteiger partial charge in [-0.2, -0.15) is 0 Å². The predicted molar refractivity (Wildman–Crippen MR) is 59.6 cm³/mol. The first-order valence-corrected chi connectivity index (χ1v) is 5.93. The van der Waals surface area contributed by atoms with Crippen molar-refractivity contribution in [3.8, 4) is 0 Å². The molecule has 1 saturated carbocycles. The molecule has 1 unspecified atom stereocenters. The van der Waals surface area contributed by atoms with Gasteiger partial charge in [0.2, 0.25) is 0 Å². The third-order valence-electron chi connectivity index (χ3n) is 2.99. The van der Waals surface area contributed by atoms with Gasteiger partial charge in [-0.05, 0) is 48.0 Å². The van der Waals surface area contributed by atoms with Gasteiger partial charge in [-0.1, -0.05) is 6.92 Å². The standard InChI is InChI=1S/C10H15BrN2O/c1-3-8-9(11)10(14)13(12-8)6(2)7-4-5-7/h6-7,12H,3-5H2,1-2H3. The first kappa shape index (κ1) is 10.0. The normalized spacial score (nSPS) is 18.5. The summed E-state index contributed by atoms with van der Waals surface area (Å²) in [6, 6.07) is 0.319. The molecule has 4 heteroatoms. The van der Waals surface area contributed by atoms with Gasteiger partial charge in [0.05, 0.1) is 11.7 Å². The molecule has 3 nitrogen and oxygen atoms in total. The number of rotatable bonds is 3. The fourth-order valence-electron chi connectivity index (χ4n) is 1.79. The van der Waals surface area contributed by atoms with E-state index in [-0.39, 0.29) is 5.56 Å². The van der Waals surface area contributed by atoms with Crippen molar-refractivity contribution in [1.82, 2.24) is 9.78 Å². The van der Waals surface area contributed by atoms with Crippen LogP contribution in [0.2, 0.25) is 0 Å². The van der Waals surface area contributed by atoms with E-state index in [9.17, 15) is 4.79 Å². The lowest BCUT2D eigenvalue weighted by Crippen LogP contribution is -2.22. The fourth-order valence-corrected chi connectivity index (χ4v) is 2.35. The highest BCUT2D eigenvalue weighted by atomic mass is 79.9. The van der Waals surface area contributed by atoms with Crippen LogP contribution in [0, 0.1) is 5.92 Å². The first-order valence-electron chi connectivity index (χ1n) is 5.14. The van der Waals surface area contributed by atoms with Crippen LogP contribution in [-0.2, 0) is 6.42 Å². The summed E-state index contributed by atoms with van der Waals surface area (Å²) in [6.07, 6.45) is 3.37. The van der Waals surface area contributed by atoms with Crippen LogP contribution >= 0.6 is 15.9 Å². The molecule has 1 aliphatic rings. The summed E-state index contributed by atoms with van der Waals surface area (Å²) in [5.74, 6) is 0.697. The minimum absolute atomic E-state index is 0.0845. The van der Waals surface area contributed by atoms with Gasteiger partial charge in [0.25, 0.3) is 5.56 Å². The molecule has 78 valence electrons. The maximum atomic E-state index is 11.8. The Labute approximate surface area is 91.6 Å². The van der Waals surface area contributed by atoms with Crippen molar-refractivity contribution in [2.45, 2.75) is 39.2 Å². The summed E-state index contributed by atoms with van der Waals surface area (Å²) in [5.41, 5.74) is 1.09. The number of hydrogen-bond acceptors (Lipinski definition) is 1. The summed E-state index contributed by atoms with van der Waals surface area (Å²) in [4.78, 5) is 11.8. The van der Waals surface area contributed by atoms with Crippen LogP contribution in [0.15, 0.2) is 9.27 Å². The Morgan fingerprint density at radius 1 is 1.64 bits per heavy atom. The molecule has 1 atom stereocenters. The summed E-state index contributed by atoms with van der Waals surface area (Å²) in [6.45, 7) is 4.16. The van der Waals surface area contributed by atoms with Crippen molar-refractivity contribution >= 4 is 15.9 Å². The van der Waals surface area contributed by atoms with E-state index in [1.54, 1.807) is 4.68 Å². The number of hydrogen-bond donors (Lipinski definition) is 1. The van der Waals surface area contributed by atoms with E-state index in [0.717, 1.165) is 12.1 Å². The van der Waals surface area contributed by atoms with Crippen molar-refractivity contribution in [2.24, 2.45) is 5.92 Å². The van der Waals surface area contributed by atoms with E-state index in [4.69, 9.17) is 0 Å². The van der Waals surface area contributed by atoms with Crippen molar-refractivity contribution in [3.63, 3.8) is 0 Å². The van der Waals surface area contributed by atoms with Gasteiger partial charge in [0.15, 0.2) is 0 Å². The van der Waals surface area contributed by atoms with Crippen LogP contribution in [0.3, 0.4) is 0 Å². The minimum Gasteiger partial charge on any atom is -0.298 e. The molecule has 0 bridgehead atoms. The van der Waals surface area contributed by atoms with Crippen LogP contribution in [0.25, 0.3) is 0 Å². The summed E-state index contributed by atoms with van der Waals surface area (Å²) in [7, 11) is 0. The molecule has 0 saturated heterocycles. The average Bonchev–Trinajstić information content (AvgIpc) is 2.97. The van der Waals surface area contributed by atoms with Crippen LogP contribution < -0.4 is 5.56 Å². The summed E-state index contributed by atoms with van der Waals surface area (Å²) < 4.78 is 2.47. The van der Waals surface area contributed by atoms with Gasteiger partial charge in [-0.15, -0.1) is 0 Å². The molecular weight excluding hydrogens is 244 g/mol. The number of nitrogens with zero attached hydrogens (tertiary/aromatic N) is 1. The van der Waals surface area contributed by atoms with Crippen molar-refractivity contribution in [2.75, 3.05) is 0 Å². The molecule has 1 fully saturated rings. The van der Waals surface area contributed by atoms with Crippen molar-refractivity contribution < 1.29 is 0 Å². The number of H-pyrrole nitrogens is 1. The molecule has 1 heterocycles. The number of aromatic nitrogens is 2. The van der Waals surface area contributed by atoms with E-state index >= 15 is 0 Å². The molecule has 0 spiro atoms. The summed E-state index contributed by atoms with van der Waals surface area (Å²) >= 11 is 3.33. The Hall–Kier alpha value is -0.510. The Morgan fingerprint density at radius 2 is 2.29 bits per heavy atom. The molecule has 1 aromatic heterocycles. The van der Waals surface area contributed by atoms with Crippen LogP contribution in [-0.4, -0.2) is 9.78 Å². The van der Waals surface area contributed by atoms with Gasteiger partial charge in [-0.3, -0.25) is 9.89 Å². The lowest BCUT2D eigenvalue weighted by atomic mass is 10.2. The number of nitrogens with one attached hydrogen (secondary N) is 1. The Kier molecular flexibility index (Phi) is 2.56. The second-order valence-corrected chi connectivity index (χ2v) is 4.80. The monoisotopic (exact) mass is 258 g/mol. The number of aryl methyl sites for hydroxylation is 1. The molecule has 1 aromatic rings. The van der Waals surface area contributed by atoms with E-state index < -0.39 is 0 Å². The van der Waals surface area contributed by atoms with Gasteiger partial charge < -0.3 is 0 Å². The zero-order valence-electron chi connectivity index (χ0n) is 8.51. The van der Waals surface area contributed by atoms with E-state index in [2.05, 4.69) is 28.0 Å². The number of halogens is 1. The second kappa shape index (κ2) is 3.57. The topological polar surface area (TPSA) is 37.8 Å². The van der Waals surface area contributed by atoms with Crippen LogP contribution in [0.1, 0.15) is 38.4 Å². The smallest absolute Gasteiger partial charge is 0.281 e. The Balaban J connectivity index is 2.37. The largest absolute Gasteiger partial charge is 0.298 e. The van der Waals surface area contributed by atoms with Crippen molar-refractivity contribution in [3.05, 3.63) is 20.5 Å². The molecule has 1 N–H and O–H groups in total. The third kappa shape index (κ3) is 1.56. The maximum Gasteiger partial charge on any atom is 0.281 e. The Bertz CT molecular complexity index is 389. The maximum absolute atomic E-state index is 11.8. The molecule has 0 aliphatic heterocycles. The highest BCUT2D eigenvalue weighted by Gasteiger charge is 2.31. The van der Waals surface area contributed by atoms with Crippen LogP contribution in [0.4, 0.5) is 0 Å². The second-order valence-electron chi connectivity index (χ2n) is 4.01. The number of aromatic amines is 1. The zero-order valence-corrected chi connectivity index (χ0v) is 10.1. The molecule has 2 rings (SSSR count). The lowest BCUT2D eigenvalue weighted by molar-refractivity contribution is 0.426.